The average Bonchev–Trinajstić information content (AvgIpc) is 2.41. The van der Waals surface area contributed by atoms with E-state index in [0.29, 0.717) is 10.6 Å². The van der Waals surface area contributed by atoms with Gasteiger partial charge in [-0.1, -0.05) is 30.3 Å². The van der Waals surface area contributed by atoms with Crippen molar-refractivity contribution in [3.05, 3.63) is 63.9 Å². The summed E-state index contributed by atoms with van der Waals surface area (Å²) in [5, 5.41) is 8.89. The minimum atomic E-state index is -1.15. The van der Waals surface area contributed by atoms with Crippen molar-refractivity contribution >= 4 is 33.7 Å². The van der Waals surface area contributed by atoms with Crippen LogP contribution in [0.15, 0.2) is 51.8 Å². The third-order valence-corrected chi connectivity index (χ3v) is 4.39. The van der Waals surface area contributed by atoms with E-state index in [2.05, 4.69) is 15.9 Å². The maximum atomic E-state index is 14.0. The van der Waals surface area contributed by atoms with Crippen LogP contribution in [-0.2, 0) is 5.75 Å². The van der Waals surface area contributed by atoms with Crippen LogP contribution in [0.3, 0.4) is 0 Å². The summed E-state index contributed by atoms with van der Waals surface area (Å²) < 4.78 is 14.0. The third-order valence-electron chi connectivity index (χ3n) is 2.51. The van der Waals surface area contributed by atoms with E-state index in [0.717, 1.165) is 5.56 Å². The van der Waals surface area contributed by atoms with Crippen molar-refractivity contribution < 1.29 is 14.3 Å². The molecule has 0 aliphatic rings. The Balaban J connectivity index is 2.18. The Labute approximate surface area is 122 Å². The van der Waals surface area contributed by atoms with Gasteiger partial charge in [-0.3, -0.25) is 0 Å². The number of carboxylic acids is 1. The van der Waals surface area contributed by atoms with Gasteiger partial charge < -0.3 is 5.11 Å². The van der Waals surface area contributed by atoms with E-state index in [9.17, 15) is 9.18 Å². The smallest absolute Gasteiger partial charge is 0.336 e. The molecule has 2 rings (SSSR count). The van der Waals surface area contributed by atoms with E-state index in [1.54, 1.807) is 0 Å². The number of hydrogen-bond donors (Lipinski definition) is 1. The highest BCUT2D eigenvalue weighted by Gasteiger charge is 2.15. The average molecular weight is 341 g/mol. The molecule has 0 unspecified atom stereocenters. The van der Waals surface area contributed by atoms with E-state index in [4.69, 9.17) is 5.11 Å². The highest BCUT2D eigenvalue weighted by molar-refractivity contribution is 9.10. The number of benzene rings is 2. The maximum Gasteiger partial charge on any atom is 0.336 e. The van der Waals surface area contributed by atoms with Crippen molar-refractivity contribution in [3.8, 4) is 0 Å². The van der Waals surface area contributed by atoms with Crippen molar-refractivity contribution in [2.45, 2.75) is 10.6 Å². The molecule has 2 aromatic carbocycles. The number of aromatic carboxylic acids is 1. The van der Waals surface area contributed by atoms with Crippen LogP contribution in [0.4, 0.5) is 4.39 Å². The first-order valence-electron chi connectivity index (χ1n) is 5.47. The number of carboxylic acid groups (broad SMARTS) is 1. The lowest BCUT2D eigenvalue weighted by Crippen LogP contribution is -2.00. The first-order valence-corrected chi connectivity index (χ1v) is 7.25. The van der Waals surface area contributed by atoms with Crippen molar-refractivity contribution in [1.82, 2.24) is 0 Å². The lowest BCUT2D eigenvalue weighted by molar-refractivity contribution is 0.0695. The molecule has 1 N–H and O–H groups in total. The van der Waals surface area contributed by atoms with E-state index in [1.165, 1.54) is 23.9 Å². The second kappa shape index (κ2) is 6.21. The predicted octanol–water partition coefficient (Wildman–Crippen LogP) is 4.58. The molecule has 2 nitrogen and oxygen atoms in total. The fraction of sp³-hybridized carbons (Fsp3) is 0.0714. The molecule has 0 fully saturated rings. The van der Waals surface area contributed by atoms with Crippen LogP contribution < -0.4 is 0 Å². The molecular weight excluding hydrogens is 331 g/mol. The van der Waals surface area contributed by atoms with Gasteiger partial charge in [0.2, 0.25) is 0 Å². The largest absolute Gasteiger partial charge is 0.478 e. The van der Waals surface area contributed by atoms with Gasteiger partial charge in [-0.2, -0.15) is 0 Å². The summed E-state index contributed by atoms with van der Waals surface area (Å²) in [5.74, 6) is -1.04. The summed E-state index contributed by atoms with van der Waals surface area (Å²) in [6, 6.07) is 12.6. The van der Waals surface area contributed by atoms with Crippen LogP contribution in [0.5, 0.6) is 0 Å². The van der Waals surface area contributed by atoms with Crippen LogP contribution in [-0.4, -0.2) is 11.1 Å². The maximum absolute atomic E-state index is 14.0. The van der Waals surface area contributed by atoms with Gasteiger partial charge in [0, 0.05) is 10.6 Å². The van der Waals surface area contributed by atoms with Gasteiger partial charge in [-0.15, -0.1) is 11.8 Å². The first kappa shape index (κ1) is 14.1. The molecule has 0 radical (unpaired) electrons. The molecule has 0 saturated heterocycles. The van der Waals surface area contributed by atoms with Gasteiger partial charge >= 0.3 is 5.97 Å². The second-order valence-corrected chi connectivity index (χ2v) is 5.63. The Morgan fingerprint density at radius 1 is 1.21 bits per heavy atom. The molecule has 0 aliphatic heterocycles. The van der Waals surface area contributed by atoms with E-state index in [1.807, 2.05) is 30.3 Å². The van der Waals surface area contributed by atoms with Gasteiger partial charge in [0.1, 0.15) is 0 Å². The molecule has 98 valence electrons. The van der Waals surface area contributed by atoms with Gasteiger partial charge in [0.25, 0.3) is 0 Å². The first-order chi connectivity index (χ1) is 9.09. The van der Waals surface area contributed by atoms with Gasteiger partial charge in [0.05, 0.1) is 10.0 Å². The monoisotopic (exact) mass is 340 g/mol. The zero-order valence-corrected chi connectivity index (χ0v) is 12.2. The molecule has 0 aliphatic carbocycles. The summed E-state index contributed by atoms with van der Waals surface area (Å²) >= 11 is 4.33. The van der Waals surface area contributed by atoms with Crippen molar-refractivity contribution in [2.24, 2.45) is 0 Å². The lowest BCUT2D eigenvalue weighted by Gasteiger charge is -2.07. The molecule has 2 aromatic rings. The van der Waals surface area contributed by atoms with Crippen molar-refractivity contribution in [3.63, 3.8) is 0 Å². The molecule has 0 amide bonds. The lowest BCUT2D eigenvalue weighted by atomic mass is 10.2. The molecule has 0 atom stereocenters. The van der Waals surface area contributed by atoms with Crippen molar-refractivity contribution in [1.29, 1.82) is 0 Å². The highest BCUT2D eigenvalue weighted by Crippen LogP contribution is 2.31. The summed E-state index contributed by atoms with van der Waals surface area (Å²) in [6.45, 7) is 0. The SMILES string of the molecule is O=C(O)c1ccc(SCc2ccccc2)c(F)c1Br. The Bertz CT molecular complexity index is 602. The van der Waals surface area contributed by atoms with Crippen LogP contribution in [0.2, 0.25) is 0 Å². The van der Waals surface area contributed by atoms with E-state index < -0.39 is 11.8 Å². The van der Waals surface area contributed by atoms with Crippen LogP contribution >= 0.6 is 27.7 Å². The van der Waals surface area contributed by atoms with Gasteiger partial charge in [-0.25, -0.2) is 9.18 Å². The fourth-order valence-corrected chi connectivity index (χ4v) is 3.10. The molecule has 0 saturated carbocycles. The molecule has 19 heavy (non-hydrogen) atoms. The Morgan fingerprint density at radius 2 is 1.89 bits per heavy atom. The predicted molar refractivity (Wildman–Crippen MR) is 77.1 cm³/mol. The van der Waals surface area contributed by atoms with E-state index in [-0.39, 0.29) is 10.0 Å². The molecular formula is C14H10BrFO2S. The highest BCUT2D eigenvalue weighted by atomic mass is 79.9. The summed E-state index contributed by atoms with van der Waals surface area (Å²) in [7, 11) is 0. The zero-order chi connectivity index (χ0) is 13.8. The minimum Gasteiger partial charge on any atom is -0.478 e. The van der Waals surface area contributed by atoms with Crippen LogP contribution in [0.1, 0.15) is 15.9 Å². The number of halogens is 2. The Hall–Kier alpha value is -1.33. The van der Waals surface area contributed by atoms with Crippen molar-refractivity contribution in [2.75, 3.05) is 0 Å². The summed E-state index contributed by atoms with van der Waals surface area (Å²) in [4.78, 5) is 11.3. The Morgan fingerprint density at radius 3 is 2.53 bits per heavy atom. The topological polar surface area (TPSA) is 37.3 Å². The number of rotatable bonds is 4. The third kappa shape index (κ3) is 3.36. The molecule has 0 aromatic heterocycles. The van der Waals surface area contributed by atoms with Gasteiger partial charge in [-0.05, 0) is 33.6 Å². The second-order valence-electron chi connectivity index (χ2n) is 3.82. The number of hydrogen-bond acceptors (Lipinski definition) is 2. The molecule has 0 heterocycles. The van der Waals surface area contributed by atoms with Crippen LogP contribution in [0.25, 0.3) is 0 Å². The van der Waals surface area contributed by atoms with Crippen LogP contribution in [0, 0.1) is 5.82 Å². The number of carbonyl (C=O) groups is 1. The summed E-state index contributed by atoms with van der Waals surface area (Å²) in [5.41, 5.74) is 1.02. The molecule has 0 bridgehead atoms. The van der Waals surface area contributed by atoms with E-state index >= 15 is 0 Å². The summed E-state index contributed by atoms with van der Waals surface area (Å²) in [6.07, 6.45) is 0. The fourth-order valence-electron chi connectivity index (χ4n) is 1.54. The zero-order valence-electron chi connectivity index (χ0n) is 9.77. The molecule has 5 heteroatoms. The normalized spacial score (nSPS) is 10.4. The minimum absolute atomic E-state index is 0.00179. The molecule has 0 spiro atoms. The quantitative estimate of drug-likeness (QED) is 0.827. The van der Waals surface area contributed by atoms with Gasteiger partial charge in [0.15, 0.2) is 5.82 Å². The number of thioether (sulfide) groups is 1. The standard InChI is InChI=1S/C14H10BrFO2S/c15-12-10(14(17)18)6-7-11(13(12)16)19-8-9-4-2-1-3-5-9/h1-7H,8H2,(H,17,18). The Kier molecular flexibility index (Phi) is 4.61.